The Balaban J connectivity index is 1.58. The second-order valence-electron chi connectivity index (χ2n) is 7.24. The summed E-state index contributed by atoms with van der Waals surface area (Å²) in [6.45, 7) is 1.89. The van der Waals surface area contributed by atoms with E-state index in [1.807, 2.05) is 41.1 Å². The molecule has 1 fully saturated rings. The van der Waals surface area contributed by atoms with Crippen molar-refractivity contribution in [3.8, 4) is 11.3 Å². The Hall–Kier alpha value is -2.63. The van der Waals surface area contributed by atoms with Crippen molar-refractivity contribution in [3.63, 3.8) is 0 Å². The van der Waals surface area contributed by atoms with Crippen LogP contribution in [-0.2, 0) is 6.42 Å². The number of nitrogens with one attached hydrogen (secondary N) is 1. The van der Waals surface area contributed by atoms with E-state index in [9.17, 15) is 4.79 Å². The van der Waals surface area contributed by atoms with Crippen LogP contribution < -0.4 is 11.1 Å². The standard InChI is InChI=1S/C22H23ClN4O/c23-18-9-5-16(6-10-18)12-15-3-7-17(8-4-15)21-20(22(24)28)14-27(26-21)19-2-1-11-25-13-19/h3-10,14,19,25H,1-2,11-13H2,(H2,24,28). The summed E-state index contributed by atoms with van der Waals surface area (Å²) in [5, 5.41) is 8.83. The molecule has 5 nitrogen and oxygen atoms in total. The van der Waals surface area contributed by atoms with Gasteiger partial charge in [0.1, 0.15) is 5.69 Å². The van der Waals surface area contributed by atoms with E-state index in [2.05, 4.69) is 17.4 Å². The maximum Gasteiger partial charge on any atom is 0.252 e. The smallest absolute Gasteiger partial charge is 0.252 e. The Morgan fingerprint density at radius 3 is 2.43 bits per heavy atom. The number of nitrogens with zero attached hydrogens (tertiary/aromatic N) is 2. The van der Waals surface area contributed by atoms with Gasteiger partial charge in [0.25, 0.3) is 5.91 Å². The van der Waals surface area contributed by atoms with E-state index < -0.39 is 5.91 Å². The quantitative estimate of drug-likeness (QED) is 0.691. The van der Waals surface area contributed by atoms with Crippen LogP contribution >= 0.6 is 11.6 Å². The maximum absolute atomic E-state index is 12.0. The first-order valence-corrected chi connectivity index (χ1v) is 9.91. The van der Waals surface area contributed by atoms with Crippen LogP contribution in [0.1, 0.15) is 40.4 Å². The number of aromatic nitrogens is 2. The van der Waals surface area contributed by atoms with Crippen molar-refractivity contribution >= 4 is 17.5 Å². The molecule has 0 saturated carbocycles. The van der Waals surface area contributed by atoms with Crippen molar-refractivity contribution in [2.75, 3.05) is 13.1 Å². The number of amides is 1. The lowest BCUT2D eigenvalue weighted by atomic mass is 10.0. The zero-order valence-corrected chi connectivity index (χ0v) is 16.3. The van der Waals surface area contributed by atoms with Crippen molar-refractivity contribution in [2.45, 2.75) is 25.3 Å². The Morgan fingerprint density at radius 2 is 1.82 bits per heavy atom. The number of hydrogen-bond acceptors (Lipinski definition) is 3. The second-order valence-corrected chi connectivity index (χ2v) is 7.67. The molecular formula is C22H23ClN4O. The fourth-order valence-electron chi connectivity index (χ4n) is 3.65. The lowest BCUT2D eigenvalue weighted by Crippen LogP contribution is -2.31. The molecule has 2 aromatic carbocycles. The van der Waals surface area contributed by atoms with Gasteiger partial charge in [-0.15, -0.1) is 0 Å². The van der Waals surface area contributed by atoms with Crippen LogP contribution in [0.15, 0.2) is 54.7 Å². The highest BCUT2D eigenvalue weighted by atomic mass is 35.5. The van der Waals surface area contributed by atoms with E-state index in [1.165, 1.54) is 11.1 Å². The molecule has 1 saturated heterocycles. The molecule has 2 heterocycles. The molecule has 144 valence electrons. The fourth-order valence-corrected chi connectivity index (χ4v) is 3.78. The first-order chi connectivity index (χ1) is 13.6. The molecule has 0 spiro atoms. The Bertz CT molecular complexity index is 957. The third kappa shape index (κ3) is 4.11. The number of rotatable bonds is 5. The zero-order valence-electron chi connectivity index (χ0n) is 15.6. The van der Waals surface area contributed by atoms with E-state index in [0.29, 0.717) is 11.3 Å². The van der Waals surface area contributed by atoms with Gasteiger partial charge in [-0.2, -0.15) is 5.10 Å². The minimum Gasteiger partial charge on any atom is -0.365 e. The first-order valence-electron chi connectivity index (χ1n) is 9.53. The van der Waals surface area contributed by atoms with E-state index >= 15 is 0 Å². The molecule has 0 aliphatic carbocycles. The minimum atomic E-state index is -0.449. The van der Waals surface area contributed by atoms with Crippen LogP contribution in [0.25, 0.3) is 11.3 Å². The topological polar surface area (TPSA) is 72.9 Å². The average molecular weight is 395 g/mol. The van der Waals surface area contributed by atoms with Crippen molar-refractivity contribution < 1.29 is 4.79 Å². The van der Waals surface area contributed by atoms with E-state index in [0.717, 1.165) is 42.9 Å². The number of carbonyl (C=O) groups is 1. The van der Waals surface area contributed by atoms with Gasteiger partial charge in [0, 0.05) is 23.3 Å². The molecule has 0 radical (unpaired) electrons. The van der Waals surface area contributed by atoms with E-state index in [4.69, 9.17) is 22.4 Å². The van der Waals surface area contributed by atoms with Gasteiger partial charge in [-0.05, 0) is 49.1 Å². The number of nitrogens with two attached hydrogens (primary N) is 1. The van der Waals surface area contributed by atoms with Gasteiger partial charge in [-0.3, -0.25) is 9.48 Å². The second kappa shape index (κ2) is 8.17. The first kappa shape index (κ1) is 18.7. The summed E-state index contributed by atoms with van der Waals surface area (Å²) in [4.78, 5) is 12.0. The Kier molecular flexibility index (Phi) is 5.46. The Morgan fingerprint density at radius 1 is 1.14 bits per heavy atom. The van der Waals surface area contributed by atoms with Crippen LogP contribution in [-0.4, -0.2) is 28.8 Å². The van der Waals surface area contributed by atoms with Gasteiger partial charge in [-0.1, -0.05) is 48.0 Å². The zero-order chi connectivity index (χ0) is 19.5. The van der Waals surface area contributed by atoms with Crippen molar-refractivity contribution in [1.82, 2.24) is 15.1 Å². The van der Waals surface area contributed by atoms with E-state index in [-0.39, 0.29) is 6.04 Å². The van der Waals surface area contributed by atoms with Gasteiger partial charge in [0.05, 0.1) is 11.6 Å². The predicted molar refractivity (Wildman–Crippen MR) is 112 cm³/mol. The number of piperidine rings is 1. The molecule has 3 N–H and O–H groups in total. The summed E-state index contributed by atoms with van der Waals surface area (Å²) in [5.74, 6) is -0.449. The third-order valence-electron chi connectivity index (χ3n) is 5.19. The highest BCUT2D eigenvalue weighted by molar-refractivity contribution is 6.30. The van der Waals surface area contributed by atoms with Gasteiger partial charge in [0.2, 0.25) is 0 Å². The van der Waals surface area contributed by atoms with Gasteiger partial charge in [-0.25, -0.2) is 0 Å². The monoisotopic (exact) mass is 394 g/mol. The van der Waals surface area contributed by atoms with Crippen molar-refractivity contribution in [1.29, 1.82) is 0 Å². The Labute approximate surface area is 169 Å². The number of hydrogen-bond donors (Lipinski definition) is 2. The summed E-state index contributed by atoms with van der Waals surface area (Å²) in [5.41, 5.74) is 10.0. The largest absolute Gasteiger partial charge is 0.365 e. The molecule has 1 unspecified atom stereocenters. The molecule has 1 aromatic heterocycles. The van der Waals surface area contributed by atoms with Gasteiger partial charge < -0.3 is 11.1 Å². The van der Waals surface area contributed by atoms with E-state index in [1.54, 1.807) is 6.20 Å². The molecule has 0 bridgehead atoms. The molecule has 6 heteroatoms. The van der Waals surface area contributed by atoms with Crippen molar-refractivity contribution in [3.05, 3.63) is 76.4 Å². The van der Waals surface area contributed by atoms with Crippen LogP contribution in [0.2, 0.25) is 5.02 Å². The van der Waals surface area contributed by atoms with Gasteiger partial charge >= 0.3 is 0 Å². The lowest BCUT2D eigenvalue weighted by molar-refractivity contribution is 0.100. The molecule has 3 aromatic rings. The molecule has 1 aliphatic heterocycles. The molecule has 4 rings (SSSR count). The summed E-state index contributed by atoms with van der Waals surface area (Å²) in [7, 11) is 0. The summed E-state index contributed by atoms with van der Waals surface area (Å²) in [6.07, 6.45) is 4.76. The number of halogens is 1. The van der Waals surface area contributed by atoms with Crippen LogP contribution in [0.5, 0.6) is 0 Å². The number of primary amides is 1. The highest BCUT2D eigenvalue weighted by Gasteiger charge is 2.21. The van der Waals surface area contributed by atoms with Crippen LogP contribution in [0.3, 0.4) is 0 Å². The fraction of sp³-hybridized carbons (Fsp3) is 0.273. The summed E-state index contributed by atoms with van der Waals surface area (Å²) >= 11 is 5.95. The summed E-state index contributed by atoms with van der Waals surface area (Å²) in [6, 6.07) is 16.3. The summed E-state index contributed by atoms with van der Waals surface area (Å²) < 4.78 is 1.89. The average Bonchev–Trinajstić information content (AvgIpc) is 3.17. The van der Waals surface area contributed by atoms with Crippen LogP contribution in [0.4, 0.5) is 0 Å². The third-order valence-corrected chi connectivity index (χ3v) is 5.44. The molecule has 28 heavy (non-hydrogen) atoms. The highest BCUT2D eigenvalue weighted by Crippen LogP contribution is 2.26. The lowest BCUT2D eigenvalue weighted by Gasteiger charge is -2.22. The van der Waals surface area contributed by atoms with Gasteiger partial charge in [0.15, 0.2) is 0 Å². The molecule has 1 amide bonds. The number of benzene rings is 2. The van der Waals surface area contributed by atoms with Crippen molar-refractivity contribution in [2.24, 2.45) is 5.73 Å². The maximum atomic E-state index is 12.0. The molecule has 1 atom stereocenters. The molecule has 1 aliphatic rings. The molecular weight excluding hydrogens is 372 g/mol. The number of carbonyl (C=O) groups excluding carboxylic acids is 1. The SMILES string of the molecule is NC(=O)c1cn(C2CCCNC2)nc1-c1ccc(Cc2ccc(Cl)cc2)cc1. The normalized spacial score (nSPS) is 16.8. The predicted octanol–water partition coefficient (Wildman–Crippen LogP) is 3.82. The van der Waals surface area contributed by atoms with Crippen LogP contribution in [0, 0.1) is 0 Å². The minimum absolute atomic E-state index is 0.254.